The fourth-order valence-electron chi connectivity index (χ4n) is 4.26. The molecule has 2 aromatic rings. The van der Waals surface area contributed by atoms with Crippen LogP contribution in [0.1, 0.15) is 36.9 Å². The van der Waals surface area contributed by atoms with Crippen LogP contribution in [0.15, 0.2) is 18.3 Å². The van der Waals surface area contributed by atoms with E-state index < -0.39 is 0 Å². The molecular formula is C23H35Cl2N5O2S. The van der Waals surface area contributed by atoms with E-state index in [1.165, 1.54) is 0 Å². The van der Waals surface area contributed by atoms with Crippen molar-refractivity contribution in [3.63, 3.8) is 0 Å². The van der Waals surface area contributed by atoms with Gasteiger partial charge in [-0.3, -0.25) is 9.88 Å². The largest absolute Gasteiger partial charge is 0.385 e. The molecule has 1 unspecified atom stereocenters. The van der Waals surface area contributed by atoms with Crippen LogP contribution in [-0.4, -0.2) is 79.4 Å². The van der Waals surface area contributed by atoms with Crippen molar-refractivity contribution in [1.82, 2.24) is 19.8 Å². The van der Waals surface area contributed by atoms with Gasteiger partial charge < -0.3 is 19.7 Å². The predicted molar refractivity (Wildman–Crippen MR) is 140 cm³/mol. The summed E-state index contributed by atoms with van der Waals surface area (Å²) in [5.41, 5.74) is 2.17. The summed E-state index contributed by atoms with van der Waals surface area (Å²) < 4.78 is 10.8. The molecule has 0 bridgehead atoms. The van der Waals surface area contributed by atoms with Gasteiger partial charge in [-0.15, -0.1) is 36.2 Å². The predicted octanol–water partition coefficient (Wildman–Crippen LogP) is 2.49. The molecule has 1 N–H and O–H groups in total. The minimum absolute atomic E-state index is 0. The summed E-state index contributed by atoms with van der Waals surface area (Å²) in [7, 11) is 3.54. The van der Waals surface area contributed by atoms with Crippen LogP contribution in [0.25, 0.3) is 11.9 Å². The summed E-state index contributed by atoms with van der Waals surface area (Å²) in [4.78, 5) is 14.9. The Labute approximate surface area is 212 Å². The number of thiazole rings is 1. The average Bonchev–Trinajstić information content (AvgIpc) is 3.14. The first-order valence-corrected chi connectivity index (χ1v) is 11.8. The van der Waals surface area contributed by atoms with Crippen LogP contribution in [0.2, 0.25) is 0 Å². The number of hydrogen-bond donors (Lipinski definition) is 1. The zero-order chi connectivity index (χ0) is 21.8. The molecule has 0 aromatic carbocycles. The first-order valence-electron chi connectivity index (χ1n) is 11.0. The number of fused-ring (bicyclic) bond motifs is 2. The Morgan fingerprint density at radius 1 is 1.18 bits per heavy atom. The summed E-state index contributed by atoms with van der Waals surface area (Å²) in [5, 5.41) is 7.86. The maximum atomic E-state index is 5.42. The number of halogens is 2. The van der Waals surface area contributed by atoms with Crippen molar-refractivity contribution < 1.29 is 9.47 Å². The van der Waals surface area contributed by atoms with Crippen LogP contribution in [-0.2, 0) is 9.47 Å². The van der Waals surface area contributed by atoms with E-state index in [1.54, 1.807) is 25.6 Å². The Balaban J connectivity index is 0.00000193. The van der Waals surface area contributed by atoms with E-state index >= 15 is 0 Å². The molecule has 1 fully saturated rings. The summed E-state index contributed by atoms with van der Waals surface area (Å²) >= 11 is 1.75. The van der Waals surface area contributed by atoms with E-state index in [2.05, 4.69) is 41.2 Å². The molecule has 4 rings (SSSR count). The SMILES string of the molecule is COCCC1CN(C2=c3ncccc3=CNc3sc(C(C)C)nc32)CCN1CCOC.Cl.Cl. The normalized spacial score (nSPS) is 17.8. The molecule has 0 amide bonds. The van der Waals surface area contributed by atoms with Crippen LogP contribution < -0.4 is 15.9 Å². The van der Waals surface area contributed by atoms with Gasteiger partial charge in [0.05, 0.1) is 22.7 Å². The lowest BCUT2D eigenvalue weighted by Crippen LogP contribution is -2.54. The van der Waals surface area contributed by atoms with Gasteiger partial charge in [0, 0.05) is 76.6 Å². The zero-order valence-electron chi connectivity index (χ0n) is 19.7. The Bertz CT molecular complexity index is 1020. The number of hydrogen-bond acceptors (Lipinski definition) is 8. The molecule has 1 atom stereocenters. The summed E-state index contributed by atoms with van der Waals surface area (Å²) in [6.45, 7) is 9.68. The van der Waals surface area contributed by atoms with E-state index in [4.69, 9.17) is 19.4 Å². The van der Waals surface area contributed by atoms with Crippen LogP contribution in [0.4, 0.5) is 5.00 Å². The Morgan fingerprint density at radius 2 is 1.97 bits per heavy atom. The number of aromatic nitrogens is 2. The number of anilines is 1. The molecular weight excluding hydrogens is 481 g/mol. The first-order chi connectivity index (χ1) is 15.1. The molecule has 1 saturated heterocycles. The number of rotatable bonds is 8. The smallest absolute Gasteiger partial charge is 0.124 e. The minimum Gasteiger partial charge on any atom is -0.385 e. The number of nitrogens with one attached hydrogen (secondary N) is 1. The van der Waals surface area contributed by atoms with Gasteiger partial charge in [-0.2, -0.15) is 0 Å². The molecule has 10 heteroatoms. The zero-order valence-corrected chi connectivity index (χ0v) is 22.2. The van der Waals surface area contributed by atoms with Gasteiger partial charge in [0.1, 0.15) is 10.7 Å². The first kappa shape index (κ1) is 27.8. The van der Waals surface area contributed by atoms with E-state index in [0.717, 1.165) is 77.8 Å². The van der Waals surface area contributed by atoms with Gasteiger partial charge in [0.15, 0.2) is 0 Å². The standard InChI is InChI=1S/C23H33N5O2S.2ClH/c1-16(2)22-26-20-21(19-17(6-5-8-24-19)14-25-23(20)31-22)28-10-9-27(11-13-30-4)18(15-28)7-12-29-3;;/h5-6,8,14,16,18,25H,7,9-13,15H2,1-4H3;2*1H. The van der Waals surface area contributed by atoms with Crippen molar-refractivity contribution >= 4 is 53.0 Å². The molecule has 33 heavy (non-hydrogen) atoms. The summed E-state index contributed by atoms with van der Waals surface area (Å²) in [5.74, 6) is 0.392. The van der Waals surface area contributed by atoms with Gasteiger partial charge in [-0.05, 0) is 18.6 Å². The molecule has 4 heterocycles. The monoisotopic (exact) mass is 515 g/mol. The van der Waals surface area contributed by atoms with E-state index in [9.17, 15) is 0 Å². The number of methoxy groups -OCH3 is 2. The van der Waals surface area contributed by atoms with Gasteiger partial charge in [-0.25, -0.2) is 4.98 Å². The third-order valence-electron chi connectivity index (χ3n) is 5.94. The minimum atomic E-state index is 0. The highest BCUT2D eigenvalue weighted by molar-refractivity contribution is 7.16. The summed E-state index contributed by atoms with van der Waals surface area (Å²) in [6.07, 6.45) is 4.93. The lowest BCUT2D eigenvalue weighted by molar-refractivity contribution is 0.0541. The highest BCUT2D eigenvalue weighted by Crippen LogP contribution is 2.35. The molecule has 184 valence electrons. The van der Waals surface area contributed by atoms with Crippen molar-refractivity contribution in [3.05, 3.63) is 39.6 Å². The fourth-order valence-corrected chi connectivity index (χ4v) is 5.19. The highest BCUT2D eigenvalue weighted by atomic mass is 35.5. The van der Waals surface area contributed by atoms with Gasteiger partial charge in [0.2, 0.25) is 0 Å². The van der Waals surface area contributed by atoms with Crippen LogP contribution in [0.5, 0.6) is 0 Å². The van der Waals surface area contributed by atoms with Gasteiger partial charge in [-0.1, -0.05) is 13.8 Å². The second-order valence-corrected chi connectivity index (χ2v) is 9.40. The Kier molecular flexibility index (Phi) is 10.9. The molecule has 7 nitrogen and oxygen atoms in total. The fraction of sp³-hybridized carbons (Fsp3) is 0.565. The topological polar surface area (TPSA) is 62.8 Å². The molecule has 0 radical (unpaired) electrons. The molecule has 2 aliphatic heterocycles. The van der Waals surface area contributed by atoms with E-state index in [1.807, 2.05) is 12.3 Å². The molecule has 0 saturated carbocycles. The third-order valence-corrected chi connectivity index (χ3v) is 7.23. The van der Waals surface area contributed by atoms with Gasteiger partial charge in [0.25, 0.3) is 0 Å². The van der Waals surface area contributed by atoms with Crippen molar-refractivity contribution in [2.45, 2.75) is 32.2 Å². The van der Waals surface area contributed by atoms with Crippen LogP contribution in [0.3, 0.4) is 0 Å². The number of nitrogens with zero attached hydrogens (tertiary/aromatic N) is 4. The van der Waals surface area contributed by atoms with Crippen molar-refractivity contribution in [2.75, 3.05) is 58.9 Å². The second-order valence-electron chi connectivity index (χ2n) is 8.37. The number of piperazine rings is 1. The Hall–Kier alpha value is -1.42. The van der Waals surface area contributed by atoms with Gasteiger partial charge >= 0.3 is 0 Å². The Morgan fingerprint density at radius 3 is 2.70 bits per heavy atom. The molecule has 2 aromatic heterocycles. The third kappa shape index (κ3) is 6.18. The molecule has 2 aliphatic rings. The van der Waals surface area contributed by atoms with E-state index in [-0.39, 0.29) is 24.8 Å². The number of pyridine rings is 1. The van der Waals surface area contributed by atoms with E-state index in [0.29, 0.717) is 12.0 Å². The van der Waals surface area contributed by atoms with Crippen molar-refractivity contribution in [3.8, 4) is 0 Å². The van der Waals surface area contributed by atoms with Crippen molar-refractivity contribution in [1.29, 1.82) is 0 Å². The maximum absolute atomic E-state index is 5.42. The van der Waals surface area contributed by atoms with Crippen LogP contribution in [0, 0.1) is 0 Å². The summed E-state index contributed by atoms with van der Waals surface area (Å²) in [6, 6.07) is 4.51. The lowest BCUT2D eigenvalue weighted by Gasteiger charge is -2.43. The number of ether oxygens (including phenoxy) is 2. The molecule has 0 aliphatic carbocycles. The average molecular weight is 517 g/mol. The lowest BCUT2D eigenvalue weighted by atomic mass is 10.1. The highest BCUT2D eigenvalue weighted by Gasteiger charge is 2.31. The van der Waals surface area contributed by atoms with Crippen LogP contribution >= 0.6 is 36.2 Å². The quantitative estimate of drug-likeness (QED) is 0.579. The van der Waals surface area contributed by atoms with Crippen molar-refractivity contribution in [2.24, 2.45) is 0 Å². The molecule has 0 spiro atoms. The maximum Gasteiger partial charge on any atom is 0.124 e. The second kappa shape index (κ2) is 12.9.